The standard InChI is InChI=1S/C20H24N6OS2.Cu/c1-4-27-16-12-10-15(11-13-16)18(24-26-20(29)22-3)17(23-25-19(28)21-2)14-8-6-5-7-9-14;/h5-13H,4H2,1-3H3,(H2,21,25,28)(H2,22,26,29);/q;+2/p-2/b23-17+,24-18+;. The Morgan fingerprint density at radius 3 is 1.67 bits per heavy atom. The molecule has 0 unspecified atom stereocenters. The van der Waals surface area contributed by atoms with Gasteiger partial charge < -0.3 is 40.6 Å². The molecule has 0 saturated heterocycles. The number of benzene rings is 2. The number of ether oxygens (including phenoxy) is 1. The van der Waals surface area contributed by atoms with E-state index >= 15 is 0 Å². The van der Waals surface area contributed by atoms with Gasteiger partial charge in [-0.1, -0.05) is 30.3 Å². The van der Waals surface area contributed by atoms with E-state index in [0.717, 1.165) is 16.9 Å². The summed E-state index contributed by atoms with van der Waals surface area (Å²) in [4.78, 5) is 0. The molecule has 0 aromatic heterocycles. The zero-order valence-corrected chi connectivity index (χ0v) is 19.3. The van der Waals surface area contributed by atoms with E-state index in [1.165, 1.54) is 0 Å². The zero-order chi connectivity index (χ0) is 21.1. The fourth-order valence-corrected chi connectivity index (χ4v) is 2.33. The summed E-state index contributed by atoms with van der Waals surface area (Å²) in [6.45, 7) is 2.52. The molecule has 161 valence electrons. The summed E-state index contributed by atoms with van der Waals surface area (Å²) < 4.78 is 5.53. The largest absolute Gasteiger partial charge is 2.00 e. The average Bonchev–Trinajstić information content (AvgIpc) is 2.77. The van der Waals surface area contributed by atoms with Gasteiger partial charge in [-0.05, 0) is 41.5 Å². The summed E-state index contributed by atoms with van der Waals surface area (Å²) in [6, 6.07) is 17.1. The predicted octanol–water partition coefficient (Wildman–Crippen LogP) is 2.44. The van der Waals surface area contributed by atoms with Gasteiger partial charge in [0.05, 0.1) is 6.61 Å². The van der Waals surface area contributed by atoms with Crippen molar-refractivity contribution < 1.29 is 21.8 Å². The van der Waals surface area contributed by atoms with Crippen LogP contribution in [0.3, 0.4) is 0 Å². The minimum Gasteiger partial charge on any atom is -0.741 e. The summed E-state index contributed by atoms with van der Waals surface area (Å²) in [5.41, 5.74) is 2.60. The molecule has 0 heterocycles. The van der Waals surface area contributed by atoms with Crippen LogP contribution in [0.1, 0.15) is 18.1 Å². The van der Waals surface area contributed by atoms with Crippen molar-refractivity contribution in [3.05, 3.63) is 65.7 Å². The van der Waals surface area contributed by atoms with Gasteiger partial charge in [0.15, 0.2) is 0 Å². The number of nitrogens with one attached hydrogen (secondary N) is 2. The van der Waals surface area contributed by atoms with Crippen molar-refractivity contribution in [3.63, 3.8) is 0 Å². The van der Waals surface area contributed by atoms with E-state index in [1.807, 2.05) is 61.5 Å². The molecule has 0 aliphatic carbocycles. The molecule has 0 atom stereocenters. The first kappa shape index (κ1) is 25.5. The Labute approximate surface area is 198 Å². The van der Waals surface area contributed by atoms with Gasteiger partial charge in [0.2, 0.25) is 0 Å². The van der Waals surface area contributed by atoms with Gasteiger partial charge in [-0.15, -0.1) is 10.2 Å². The Kier molecular flexibility index (Phi) is 11.6. The second-order valence-electron chi connectivity index (χ2n) is 5.53. The van der Waals surface area contributed by atoms with Crippen LogP contribution >= 0.6 is 0 Å². The molecular weight excluding hydrogens is 468 g/mol. The molecule has 0 spiro atoms. The van der Waals surface area contributed by atoms with Crippen LogP contribution in [-0.2, 0) is 42.3 Å². The Hall–Kier alpha value is -2.52. The Balaban J connectivity index is 0.00000450. The number of amidine groups is 2. The van der Waals surface area contributed by atoms with E-state index in [2.05, 4.69) is 31.0 Å². The van der Waals surface area contributed by atoms with E-state index in [0.29, 0.717) is 18.0 Å². The number of rotatable bonds is 7. The minimum atomic E-state index is 0. The van der Waals surface area contributed by atoms with Crippen LogP contribution in [0, 0.1) is 0 Å². The van der Waals surface area contributed by atoms with Gasteiger partial charge in [0, 0.05) is 25.2 Å². The quantitative estimate of drug-likeness (QED) is 0.205. The van der Waals surface area contributed by atoms with Crippen molar-refractivity contribution in [2.45, 2.75) is 6.92 Å². The molecule has 7 nitrogen and oxygen atoms in total. The van der Waals surface area contributed by atoms with Crippen LogP contribution in [-0.4, -0.2) is 42.5 Å². The average molecular weight is 490 g/mol. The molecule has 2 N–H and O–H groups in total. The van der Waals surface area contributed by atoms with Crippen molar-refractivity contribution in [2.75, 3.05) is 20.7 Å². The van der Waals surface area contributed by atoms with Crippen LogP contribution in [0.4, 0.5) is 0 Å². The summed E-state index contributed by atoms with van der Waals surface area (Å²) in [6.07, 6.45) is 0. The molecule has 0 saturated carbocycles. The fourth-order valence-electron chi connectivity index (χ4n) is 2.25. The van der Waals surface area contributed by atoms with E-state index in [4.69, 9.17) is 30.0 Å². The molecule has 1 radical (unpaired) electrons. The van der Waals surface area contributed by atoms with Gasteiger partial charge in [0.1, 0.15) is 17.2 Å². The Morgan fingerprint density at radius 1 is 0.767 bits per heavy atom. The minimum absolute atomic E-state index is 0. The second-order valence-corrected chi connectivity index (χ2v) is 6.30. The van der Waals surface area contributed by atoms with Crippen molar-refractivity contribution in [2.24, 2.45) is 20.4 Å². The molecule has 0 fully saturated rings. The summed E-state index contributed by atoms with van der Waals surface area (Å²) in [5.74, 6) is 0.762. The maximum Gasteiger partial charge on any atom is 2.00 e. The number of hydrogen-bond donors (Lipinski definition) is 2. The molecule has 0 amide bonds. The first-order valence-corrected chi connectivity index (χ1v) is 9.70. The van der Waals surface area contributed by atoms with E-state index in [-0.39, 0.29) is 27.4 Å². The number of nitrogens with zero attached hydrogens (tertiary/aromatic N) is 4. The Morgan fingerprint density at radius 2 is 1.23 bits per heavy atom. The summed E-state index contributed by atoms with van der Waals surface area (Å²) in [7, 11) is 3.37. The van der Waals surface area contributed by atoms with E-state index < -0.39 is 0 Å². The van der Waals surface area contributed by atoms with Crippen LogP contribution < -0.4 is 15.4 Å². The number of hydrogen-bond acceptors (Lipinski definition) is 7. The topological polar surface area (TPSA) is 82.7 Å². The predicted molar refractivity (Wildman–Crippen MR) is 125 cm³/mol. The smallest absolute Gasteiger partial charge is 0.741 e. The fraction of sp³-hybridized carbons (Fsp3) is 0.200. The molecule has 0 bridgehead atoms. The van der Waals surface area contributed by atoms with E-state index in [1.54, 1.807) is 14.1 Å². The Bertz CT molecular complexity index is 915. The van der Waals surface area contributed by atoms with Crippen LogP contribution in [0.15, 0.2) is 75.0 Å². The van der Waals surface area contributed by atoms with Gasteiger partial charge in [-0.3, -0.25) is 0 Å². The third-order valence-corrected chi connectivity index (χ3v) is 4.19. The molecule has 0 aliphatic heterocycles. The van der Waals surface area contributed by atoms with E-state index in [9.17, 15) is 0 Å². The molecule has 0 aliphatic rings. The monoisotopic (exact) mass is 489 g/mol. The van der Waals surface area contributed by atoms with Gasteiger partial charge in [-0.25, -0.2) is 0 Å². The SMILES string of the molecule is CCOc1ccc(C(=N\N=C(/[S-])NC)/C(=N/N=C(\[S-])NC)c2ccccc2)cc1.[Cu+2]. The van der Waals surface area contributed by atoms with Gasteiger partial charge in [-0.2, -0.15) is 10.2 Å². The van der Waals surface area contributed by atoms with Crippen molar-refractivity contribution in [3.8, 4) is 5.75 Å². The second kappa shape index (κ2) is 13.7. The summed E-state index contributed by atoms with van der Waals surface area (Å²) in [5, 5.41) is 22.9. The first-order chi connectivity index (χ1) is 14.1. The third-order valence-electron chi connectivity index (χ3n) is 3.62. The van der Waals surface area contributed by atoms with Gasteiger partial charge >= 0.3 is 17.1 Å². The van der Waals surface area contributed by atoms with Crippen LogP contribution in [0.25, 0.3) is 0 Å². The van der Waals surface area contributed by atoms with Gasteiger partial charge in [0.25, 0.3) is 0 Å². The molecule has 2 rings (SSSR count). The van der Waals surface area contributed by atoms with Crippen LogP contribution in [0.5, 0.6) is 5.75 Å². The molecule has 30 heavy (non-hydrogen) atoms. The maximum absolute atomic E-state index is 5.53. The molecular formula is C20H22CuN6OS2. The first-order valence-electron chi connectivity index (χ1n) is 8.88. The molecule has 2 aromatic rings. The van der Waals surface area contributed by atoms with Crippen molar-refractivity contribution >= 4 is 47.0 Å². The van der Waals surface area contributed by atoms with Crippen LogP contribution in [0.2, 0.25) is 0 Å². The van der Waals surface area contributed by atoms with Crippen molar-refractivity contribution in [1.82, 2.24) is 10.6 Å². The van der Waals surface area contributed by atoms with Crippen molar-refractivity contribution in [1.29, 1.82) is 0 Å². The maximum atomic E-state index is 5.53. The molecule has 10 heteroatoms. The molecule has 2 aromatic carbocycles. The zero-order valence-electron chi connectivity index (χ0n) is 16.7. The third kappa shape index (κ3) is 7.72. The summed E-state index contributed by atoms with van der Waals surface area (Å²) >= 11 is 10.2. The normalized spacial score (nSPS) is 12.8.